The Morgan fingerprint density at radius 2 is 1.82 bits per heavy atom. The van der Waals surface area contributed by atoms with Crippen LogP contribution in [0.25, 0.3) is 0 Å². The van der Waals surface area contributed by atoms with E-state index in [1.165, 1.54) is 4.90 Å². The molecule has 0 radical (unpaired) electrons. The van der Waals surface area contributed by atoms with Crippen molar-refractivity contribution in [2.24, 2.45) is 5.73 Å². The van der Waals surface area contributed by atoms with Gasteiger partial charge in [0.05, 0.1) is 19.4 Å². The molecule has 1 heterocycles. The van der Waals surface area contributed by atoms with Crippen LogP contribution in [0.4, 0.5) is 0 Å². The summed E-state index contributed by atoms with van der Waals surface area (Å²) in [6.07, 6.45) is 0. The summed E-state index contributed by atoms with van der Waals surface area (Å²) in [7, 11) is 1.67. The Labute approximate surface area is 105 Å². The number of hydrogen-bond acceptors (Lipinski definition) is 4. The van der Waals surface area contributed by atoms with Crippen molar-refractivity contribution >= 4 is 11.8 Å². The third kappa shape index (κ3) is 3.28. The van der Waals surface area contributed by atoms with E-state index >= 15 is 0 Å². The van der Waals surface area contributed by atoms with Crippen molar-refractivity contribution in [2.45, 2.75) is 17.2 Å². The lowest BCUT2D eigenvalue weighted by atomic mass is 10.3. The maximum atomic E-state index is 5.53. The Balaban J connectivity index is 1.92. The monoisotopic (exact) mass is 249 g/mol. The van der Waals surface area contributed by atoms with Gasteiger partial charge >= 0.3 is 0 Å². The van der Waals surface area contributed by atoms with Gasteiger partial charge in [-0.05, 0) is 36.4 Å². The first-order valence-electron chi connectivity index (χ1n) is 5.36. The Hall–Kier alpha value is -1.39. The quantitative estimate of drug-likeness (QED) is 0.827. The van der Waals surface area contributed by atoms with Gasteiger partial charge in [0.1, 0.15) is 17.3 Å². The molecule has 0 bridgehead atoms. The molecule has 0 aliphatic rings. The summed E-state index contributed by atoms with van der Waals surface area (Å²) in [5, 5.41) is 0. The third-order valence-corrected chi connectivity index (χ3v) is 3.39. The normalized spacial score (nSPS) is 10.5. The predicted octanol–water partition coefficient (Wildman–Crippen LogP) is 3.04. The van der Waals surface area contributed by atoms with E-state index in [4.69, 9.17) is 14.9 Å². The standard InChI is InChI=1S/C13H15NO2S/c1-15-10-4-6-13(7-5-10)17-9-12-3-2-11(8-14)16-12/h2-7H,8-9,14H2,1H3. The van der Waals surface area contributed by atoms with Crippen molar-refractivity contribution in [3.8, 4) is 5.75 Å². The van der Waals surface area contributed by atoms with Gasteiger partial charge < -0.3 is 14.9 Å². The zero-order valence-electron chi connectivity index (χ0n) is 9.68. The Kier molecular flexibility index (Phi) is 4.12. The van der Waals surface area contributed by atoms with Crippen molar-refractivity contribution in [2.75, 3.05) is 7.11 Å². The number of thioether (sulfide) groups is 1. The average molecular weight is 249 g/mol. The molecule has 90 valence electrons. The maximum Gasteiger partial charge on any atom is 0.118 e. The highest BCUT2D eigenvalue weighted by Crippen LogP contribution is 2.25. The second-order valence-corrected chi connectivity index (χ2v) is 4.59. The molecule has 2 N–H and O–H groups in total. The van der Waals surface area contributed by atoms with Crippen LogP contribution in [0.2, 0.25) is 0 Å². The van der Waals surface area contributed by atoms with Crippen LogP contribution in [0.1, 0.15) is 11.5 Å². The van der Waals surface area contributed by atoms with Crippen LogP contribution in [-0.4, -0.2) is 7.11 Å². The highest BCUT2D eigenvalue weighted by molar-refractivity contribution is 7.98. The third-order valence-electron chi connectivity index (χ3n) is 2.36. The van der Waals surface area contributed by atoms with Crippen LogP contribution in [-0.2, 0) is 12.3 Å². The summed E-state index contributed by atoms with van der Waals surface area (Å²) in [4.78, 5) is 1.19. The van der Waals surface area contributed by atoms with E-state index < -0.39 is 0 Å². The first-order valence-corrected chi connectivity index (χ1v) is 6.35. The number of nitrogens with two attached hydrogens (primary N) is 1. The molecule has 0 fully saturated rings. The maximum absolute atomic E-state index is 5.53. The number of benzene rings is 1. The van der Waals surface area contributed by atoms with Crippen molar-refractivity contribution in [3.63, 3.8) is 0 Å². The summed E-state index contributed by atoms with van der Waals surface area (Å²) in [6.45, 7) is 0.452. The van der Waals surface area contributed by atoms with Gasteiger partial charge in [-0.15, -0.1) is 11.8 Å². The molecule has 0 aliphatic carbocycles. The van der Waals surface area contributed by atoms with Crippen molar-refractivity contribution in [1.82, 2.24) is 0 Å². The lowest BCUT2D eigenvalue weighted by molar-refractivity contribution is 0.414. The summed E-state index contributed by atoms with van der Waals surface area (Å²) in [6, 6.07) is 11.9. The van der Waals surface area contributed by atoms with E-state index in [2.05, 4.69) is 0 Å². The highest BCUT2D eigenvalue weighted by atomic mass is 32.2. The molecule has 2 aromatic rings. The molecule has 0 atom stereocenters. The largest absolute Gasteiger partial charge is 0.497 e. The average Bonchev–Trinajstić information content (AvgIpc) is 2.85. The van der Waals surface area contributed by atoms with Gasteiger partial charge in [0.15, 0.2) is 0 Å². The Morgan fingerprint density at radius 1 is 1.12 bits per heavy atom. The molecule has 4 heteroatoms. The van der Waals surface area contributed by atoms with Gasteiger partial charge in [-0.25, -0.2) is 0 Å². The molecule has 17 heavy (non-hydrogen) atoms. The molecular formula is C13H15NO2S. The van der Waals surface area contributed by atoms with Gasteiger partial charge in [-0.3, -0.25) is 0 Å². The van der Waals surface area contributed by atoms with E-state index in [1.807, 2.05) is 36.4 Å². The molecule has 1 aromatic heterocycles. The smallest absolute Gasteiger partial charge is 0.118 e. The molecule has 0 unspecified atom stereocenters. The SMILES string of the molecule is COc1ccc(SCc2ccc(CN)o2)cc1. The molecule has 0 saturated carbocycles. The molecule has 0 aliphatic heterocycles. The van der Waals surface area contributed by atoms with E-state index in [0.29, 0.717) is 6.54 Å². The molecule has 3 nitrogen and oxygen atoms in total. The van der Waals surface area contributed by atoms with E-state index in [9.17, 15) is 0 Å². The van der Waals surface area contributed by atoms with E-state index in [1.54, 1.807) is 18.9 Å². The summed E-state index contributed by atoms with van der Waals surface area (Å²) in [5.41, 5.74) is 5.49. The second kappa shape index (κ2) is 5.80. The van der Waals surface area contributed by atoms with Crippen LogP contribution >= 0.6 is 11.8 Å². The molecule has 2 rings (SSSR count). The van der Waals surface area contributed by atoms with Crippen molar-refractivity contribution in [3.05, 3.63) is 47.9 Å². The van der Waals surface area contributed by atoms with Crippen molar-refractivity contribution in [1.29, 1.82) is 0 Å². The zero-order valence-corrected chi connectivity index (χ0v) is 10.5. The van der Waals surface area contributed by atoms with Gasteiger partial charge in [-0.1, -0.05) is 0 Å². The minimum absolute atomic E-state index is 0.452. The van der Waals surface area contributed by atoms with Gasteiger partial charge in [0.25, 0.3) is 0 Å². The lowest BCUT2D eigenvalue weighted by Crippen LogP contribution is -1.92. The predicted molar refractivity (Wildman–Crippen MR) is 69.2 cm³/mol. The van der Waals surface area contributed by atoms with Crippen LogP contribution in [0.5, 0.6) is 5.75 Å². The molecule has 0 amide bonds. The van der Waals surface area contributed by atoms with E-state index in [-0.39, 0.29) is 0 Å². The van der Waals surface area contributed by atoms with Gasteiger partial charge in [0, 0.05) is 4.90 Å². The summed E-state index contributed by atoms with van der Waals surface area (Å²) >= 11 is 1.73. The van der Waals surface area contributed by atoms with Crippen LogP contribution < -0.4 is 10.5 Å². The fourth-order valence-electron chi connectivity index (χ4n) is 1.44. The summed E-state index contributed by atoms with van der Waals surface area (Å²) < 4.78 is 10.6. The Bertz CT molecular complexity index is 465. The lowest BCUT2D eigenvalue weighted by Gasteiger charge is -2.02. The number of methoxy groups -OCH3 is 1. The molecule has 0 spiro atoms. The number of ether oxygens (including phenoxy) is 1. The van der Waals surface area contributed by atoms with Crippen LogP contribution in [0.15, 0.2) is 45.7 Å². The van der Waals surface area contributed by atoms with Gasteiger partial charge in [0.2, 0.25) is 0 Å². The second-order valence-electron chi connectivity index (χ2n) is 3.54. The van der Waals surface area contributed by atoms with Gasteiger partial charge in [-0.2, -0.15) is 0 Å². The first-order chi connectivity index (χ1) is 8.31. The number of rotatable bonds is 5. The molecule has 0 saturated heterocycles. The number of hydrogen-bond donors (Lipinski definition) is 1. The first kappa shape index (κ1) is 12.1. The Morgan fingerprint density at radius 3 is 2.41 bits per heavy atom. The van der Waals surface area contributed by atoms with Crippen molar-refractivity contribution < 1.29 is 9.15 Å². The summed E-state index contributed by atoms with van der Waals surface area (Å²) in [5.74, 6) is 3.46. The topological polar surface area (TPSA) is 48.4 Å². The fourth-order valence-corrected chi connectivity index (χ4v) is 2.23. The minimum Gasteiger partial charge on any atom is -0.497 e. The van der Waals surface area contributed by atoms with Crippen LogP contribution in [0, 0.1) is 0 Å². The molecule has 1 aromatic carbocycles. The minimum atomic E-state index is 0.452. The highest BCUT2D eigenvalue weighted by Gasteiger charge is 2.02. The van der Waals surface area contributed by atoms with Crippen LogP contribution in [0.3, 0.4) is 0 Å². The van der Waals surface area contributed by atoms with E-state index in [0.717, 1.165) is 23.0 Å². The zero-order chi connectivity index (χ0) is 12.1. The number of furan rings is 1. The molecular weight excluding hydrogens is 234 g/mol. The fraction of sp³-hybridized carbons (Fsp3) is 0.231.